The molecule has 3 aromatic rings. The summed E-state index contributed by atoms with van der Waals surface area (Å²) in [6.07, 6.45) is 4.86. The second-order valence-electron chi connectivity index (χ2n) is 5.85. The molecule has 1 amide bonds. The van der Waals surface area contributed by atoms with E-state index in [9.17, 15) is 9.18 Å². The number of carbonyl (C=O) groups excluding carboxylic acids is 1. The lowest BCUT2D eigenvalue weighted by atomic mass is 10.1. The number of benzene rings is 2. The minimum Gasteiger partial charge on any atom is -0.464 e. The molecule has 0 radical (unpaired) electrons. The van der Waals surface area contributed by atoms with E-state index in [1.165, 1.54) is 17.6 Å². The monoisotopic (exact) mass is 354 g/mol. The third kappa shape index (κ3) is 4.36. The fourth-order valence-corrected chi connectivity index (χ4v) is 2.73. The van der Waals surface area contributed by atoms with Crippen molar-refractivity contribution in [2.75, 3.05) is 6.54 Å². The first kappa shape index (κ1) is 17.8. The van der Waals surface area contributed by atoms with Crippen LogP contribution in [-0.4, -0.2) is 17.7 Å². The molecule has 0 fully saturated rings. The van der Waals surface area contributed by atoms with Gasteiger partial charge in [0.1, 0.15) is 11.4 Å². The molecular formula is C20H19FN2O3. The van der Waals surface area contributed by atoms with Crippen LogP contribution in [0.1, 0.15) is 16.7 Å². The number of amides is 1. The number of para-hydroxylation sites is 1. The third-order valence-corrected chi connectivity index (χ3v) is 4.05. The van der Waals surface area contributed by atoms with E-state index in [1.54, 1.807) is 18.4 Å². The molecule has 0 aliphatic heterocycles. The standard InChI is InChI=1S/C20H19FN2O3/c21-18-12-14(4-5-15(18)6-7-19(24)23-25)13-22-10-8-16-2-1-3-17-9-11-26-20(16)17/h1-7,9,11-12,22,25H,8,10,13H2,(H,23,24)/b7-6+. The summed E-state index contributed by atoms with van der Waals surface area (Å²) < 4.78 is 19.5. The Bertz CT molecular complexity index is 934. The van der Waals surface area contributed by atoms with Gasteiger partial charge in [-0.25, -0.2) is 9.87 Å². The van der Waals surface area contributed by atoms with E-state index in [-0.39, 0.29) is 5.56 Å². The second kappa shape index (κ2) is 8.42. The smallest absolute Gasteiger partial charge is 0.267 e. The molecule has 1 aromatic heterocycles. The zero-order chi connectivity index (χ0) is 18.4. The molecule has 0 saturated heterocycles. The Labute approximate surface area is 150 Å². The van der Waals surface area contributed by atoms with Gasteiger partial charge >= 0.3 is 0 Å². The van der Waals surface area contributed by atoms with Crippen LogP contribution in [0.3, 0.4) is 0 Å². The molecule has 0 spiro atoms. The van der Waals surface area contributed by atoms with Crippen molar-refractivity contribution in [3.8, 4) is 0 Å². The van der Waals surface area contributed by atoms with Crippen LogP contribution in [0, 0.1) is 5.82 Å². The minimum atomic E-state index is -0.707. The van der Waals surface area contributed by atoms with Gasteiger partial charge in [-0.15, -0.1) is 0 Å². The Morgan fingerprint density at radius 2 is 2.12 bits per heavy atom. The maximum absolute atomic E-state index is 14.0. The van der Waals surface area contributed by atoms with Crippen molar-refractivity contribution in [2.45, 2.75) is 13.0 Å². The first-order chi connectivity index (χ1) is 12.7. The zero-order valence-corrected chi connectivity index (χ0v) is 14.0. The van der Waals surface area contributed by atoms with Crippen LogP contribution in [0.15, 0.2) is 59.2 Å². The molecule has 3 rings (SSSR count). The van der Waals surface area contributed by atoms with E-state index in [0.29, 0.717) is 6.54 Å². The van der Waals surface area contributed by atoms with Crippen molar-refractivity contribution in [3.63, 3.8) is 0 Å². The van der Waals surface area contributed by atoms with Crippen molar-refractivity contribution in [1.29, 1.82) is 0 Å². The predicted octanol–water partition coefficient (Wildman–Crippen LogP) is 3.42. The van der Waals surface area contributed by atoms with E-state index < -0.39 is 11.7 Å². The van der Waals surface area contributed by atoms with Gasteiger partial charge < -0.3 is 9.73 Å². The Morgan fingerprint density at radius 3 is 2.92 bits per heavy atom. The average Bonchev–Trinajstić information content (AvgIpc) is 3.13. The molecule has 0 aliphatic carbocycles. The number of rotatable bonds is 7. The summed E-state index contributed by atoms with van der Waals surface area (Å²) in [7, 11) is 0. The molecule has 0 saturated carbocycles. The lowest BCUT2D eigenvalue weighted by molar-refractivity contribution is -0.124. The highest BCUT2D eigenvalue weighted by atomic mass is 19.1. The summed E-state index contributed by atoms with van der Waals surface area (Å²) in [5.41, 5.74) is 4.58. The summed E-state index contributed by atoms with van der Waals surface area (Å²) in [5.74, 6) is -1.13. The van der Waals surface area contributed by atoms with Gasteiger partial charge in [0.2, 0.25) is 0 Å². The SMILES string of the molecule is O=C(/C=C/c1ccc(CNCCc2cccc3ccoc23)cc1F)NO. The van der Waals surface area contributed by atoms with Crippen molar-refractivity contribution in [3.05, 3.63) is 77.3 Å². The van der Waals surface area contributed by atoms with Crippen LogP contribution >= 0.6 is 0 Å². The van der Waals surface area contributed by atoms with Gasteiger partial charge in [0.15, 0.2) is 0 Å². The maximum atomic E-state index is 14.0. The van der Waals surface area contributed by atoms with Crippen LogP contribution in [0.2, 0.25) is 0 Å². The van der Waals surface area contributed by atoms with Crippen molar-refractivity contribution >= 4 is 23.0 Å². The molecule has 0 aliphatic rings. The molecule has 1 heterocycles. The number of halogens is 1. The van der Waals surface area contributed by atoms with Gasteiger partial charge in [0.25, 0.3) is 5.91 Å². The zero-order valence-electron chi connectivity index (χ0n) is 14.0. The van der Waals surface area contributed by atoms with Gasteiger partial charge in [-0.3, -0.25) is 10.0 Å². The second-order valence-corrected chi connectivity index (χ2v) is 5.85. The van der Waals surface area contributed by atoms with Crippen molar-refractivity contribution in [2.24, 2.45) is 0 Å². The number of nitrogens with one attached hydrogen (secondary N) is 2. The highest BCUT2D eigenvalue weighted by Crippen LogP contribution is 2.20. The first-order valence-electron chi connectivity index (χ1n) is 8.24. The Morgan fingerprint density at radius 1 is 1.23 bits per heavy atom. The lowest BCUT2D eigenvalue weighted by Gasteiger charge is -2.07. The molecule has 134 valence electrons. The van der Waals surface area contributed by atoms with Crippen LogP contribution in [0.5, 0.6) is 0 Å². The van der Waals surface area contributed by atoms with E-state index in [4.69, 9.17) is 9.62 Å². The van der Waals surface area contributed by atoms with Crippen LogP contribution in [-0.2, 0) is 17.8 Å². The number of furan rings is 1. The average molecular weight is 354 g/mol. The van der Waals surface area contributed by atoms with Crippen molar-refractivity contribution in [1.82, 2.24) is 10.8 Å². The van der Waals surface area contributed by atoms with Crippen LogP contribution in [0.25, 0.3) is 17.0 Å². The van der Waals surface area contributed by atoms with E-state index in [0.717, 1.165) is 41.1 Å². The van der Waals surface area contributed by atoms with Crippen LogP contribution in [0.4, 0.5) is 4.39 Å². The van der Waals surface area contributed by atoms with E-state index in [1.807, 2.05) is 24.3 Å². The van der Waals surface area contributed by atoms with Gasteiger partial charge in [0, 0.05) is 23.6 Å². The highest BCUT2D eigenvalue weighted by molar-refractivity contribution is 5.90. The van der Waals surface area contributed by atoms with E-state index in [2.05, 4.69) is 5.32 Å². The number of carbonyl (C=O) groups is 1. The Balaban J connectivity index is 1.53. The van der Waals surface area contributed by atoms with E-state index >= 15 is 0 Å². The topological polar surface area (TPSA) is 74.5 Å². The van der Waals surface area contributed by atoms with Crippen molar-refractivity contribution < 1.29 is 18.8 Å². The molecule has 0 bridgehead atoms. The lowest BCUT2D eigenvalue weighted by Crippen LogP contribution is -2.17. The molecule has 6 heteroatoms. The summed E-state index contributed by atoms with van der Waals surface area (Å²) in [4.78, 5) is 10.9. The first-order valence-corrected chi connectivity index (χ1v) is 8.24. The molecular weight excluding hydrogens is 335 g/mol. The highest BCUT2D eigenvalue weighted by Gasteiger charge is 2.05. The van der Waals surface area contributed by atoms with Gasteiger partial charge in [-0.05, 0) is 42.3 Å². The summed E-state index contributed by atoms with van der Waals surface area (Å²) in [5, 5.41) is 12.8. The quantitative estimate of drug-likeness (QED) is 0.263. The fourth-order valence-electron chi connectivity index (χ4n) is 2.73. The van der Waals surface area contributed by atoms with Crippen LogP contribution < -0.4 is 10.8 Å². The Hall–Kier alpha value is -2.96. The Kier molecular flexibility index (Phi) is 5.78. The summed E-state index contributed by atoms with van der Waals surface area (Å²) >= 11 is 0. The van der Waals surface area contributed by atoms with Gasteiger partial charge in [0.05, 0.1) is 6.26 Å². The molecule has 5 nitrogen and oxygen atoms in total. The molecule has 3 N–H and O–H groups in total. The molecule has 2 aromatic carbocycles. The summed E-state index contributed by atoms with van der Waals surface area (Å²) in [6, 6.07) is 12.8. The normalized spacial score (nSPS) is 11.3. The third-order valence-electron chi connectivity index (χ3n) is 4.05. The summed E-state index contributed by atoms with van der Waals surface area (Å²) in [6.45, 7) is 1.27. The number of fused-ring (bicyclic) bond motifs is 1. The largest absolute Gasteiger partial charge is 0.464 e. The molecule has 26 heavy (non-hydrogen) atoms. The predicted molar refractivity (Wildman–Crippen MR) is 97.0 cm³/mol. The number of hydrogen-bond donors (Lipinski definition) is 3. The minimum absolute atomic E-state index is 0.279. The fraction of sp³-hybridized carbons (Fsp3) is 0.150. The maximum Gasteiger partial charge on any atom is 0.267 e. The van der Waals surface area contributed by atoms with Gasteiger partial charge in [-0.1, -0.05) is 30.3 Å². The number of hydrogen-bond acceptors (Lipinski definition) is 4. The molecule has 0 atom stereocenters. The molecule has 0 unspecified atom stereocenters. The number of hydroxylamine groups is 1. The van der Waals surface area contributed by atoms with Gasteiger partial charge in [-0.2, -0.15) is 0 Å².